The van der Waals surface area contributed by atoms with E-state index in [4.69, 9.17) is 11.2 Å². The van der Waals surface area contributed by atoms with Gasteiger partial charge in [0.25, 0.3) is 10.0 Å². The van der Waals surface area contributed by atoms with E-state index in [0.29, 0.717) is 56.8 Å². The molecule has 2 heterocycles. The Balaban J connectivity index is 1.60. The number of likely N-dealkylation sites (tertiary alicyclic amines) is 1. The van der Waals surface area contributed by atoms with Gasteiger partial charge in [-0.2, -0.15) is 8.42 Å². The van der Waals surface area contributed by atoms with Gasteiger partial charge in [-0.05, 0) is 31.4 Å². The molecule has 2 aliphatic heterocycles. The lowest BCUT2D eigenvalue weighted by Crippen LogP contribution is -2.40. The van der Waals surface area contributed by atoms with Crippen LogP contribution >= 0.6 is 0 Å². The third kappa shape index (κ3) is 3.69. The maximum absolute atomic E-state index is 12.1. The molecule has 0 atom stereocenters. The van der Waals surface area contributed by atoms with Crippen LogP contribution in [0.3, 0.4) is 0 Å². The van der Waals surface area contributed by atoms with Crippen molar-refractivity contribution >= 4 is 21.8 Å². The number of esters is 1. The zero-order valence-electron chi connectivity index (χ0n) is 13.8. The first-order valence-electron chi connectivity index (χ1n) is 8.32. The largest absolute Gasteiger partial charge is 0.465 e. The van der Waals surface area contributed by atoms with Crippen molar-refractivity contribution in [1.82, 2.24) is 4.90 Å². The molecule has 0 N–H and O–H groups in total. The number of carbonyl (C=O) groups is 1. The Morgan fingerprint density at radius 2 is 2.04 bits per heavy atom. The maximum Gasteiger partial charge on any atom is 0.309 e. The van der Waals surface area contributed by atoms with E-state index in [2.05, 4.69) is 10.3 Å². The zero-order valence-corrected chi connectivity index (χ0v) is 14.7. The van der Waals surface area contributed by atoms with Crippen LogP contribution < -0.4 is 0 Å². The number of nitrogens with zero attached hydrogens (tertiary/aromatic N) is 2. The summed E-state index contributed by atoms with van der Waals surface area (Å²) in [7, 11) is -3.61. The van der Waals surface area contributed by atoms with Gasteiger partial charge in [0.05, 0.1) is 12.5 Å². The lowest BCUT2D eigenvalue weighted by molar-refractivity contribution is -0.149. The molecule has 0 bridgehead atoms. The Bertz CT molecular complexity index is 831. The minimum Gasteiger partial charge on any atom is -0.465 e. The number of hydrogen-bond donors (Lipinski definition) is 0. The van der Waals surface area contributed by atoms with Crippen molar-refractivity contribution in [3.8, 4) is 12.3 Å². The molecular formula is C18H20N2O4S. The van der Waals surface area contributed by atoms with Gasteiger partial charge >= 0.3 is 5.97 Å². The third-order valence-corrected chi connectivity index (χ3v) is 5.78. The molecule has 132 valence electrons. The summed E-state index contributed by atoms with van der Waals surface area (Å²) in [6, 6.07) is 6.83. The molecule has 0 unspecified atom stereocenters. The predicted molar refractivity (Wildman–Crippen MR) is 93.5 cm³/mol. The number of piperidine rings is 1. The van der Waals surface area contributed by atoms with Gasteiger partial charge in [0.1, 0.15) is 4.90 Å². The fraction of sp³-hybridized carbons (Fsp3) is 0.444. The van der Waals surface area contributed by atoms with Crippen molar-refractivity contribution in [1.29, 1.82) is 0 Å². The first kappa shape index (κ1) is 17.5. The normalized spacial score (nSPS) is 19.0. The minimum absolute atomic E-state index is 0.157. The topological polar surface area (TPSA) is 76.0 Å². The second kappa shape index (κ2) is 7.28. The predicted octanol–water partition coefficient (Wildman–Crippen LogP) is 1.80. The van der Waals surface area contributed by atoms with Gasteiger partial charge in [-0.1, -0.05) is 12.1 Å². The van der Waals surface area contributed by atoms with E-state index < -0.39 is 10.0 Å². The standard InChI is InChI=1S/C18H20N2O4S/c1-2-3-6-13-24-18(21)14-9-11-20(12-10-14)17-15-7-4-5-8-16(15)25(22,23)19-17/h1,4-5,7-8,14H,3,6,9-13H2. The number of sulfonamides is 1. The van der Waals surface area contributed by atoms with Gasteiger partial charge in [0, 0.05) is 25.1 Å². The number of rotatable bonds is 4. The molecule has 1 aromatic carbocycles. The van der Waals surface area contributed by atoms with E-state index in [-0.39, 0.29) is 16.8 Å². The second-order valence-electron chi connectivity index (χ2n) is 6.12. The van der Waals surface area contributed by atoms with Crippen molar-refractivity contribution in [3.63, 3.8) is 0 Å². The van der Waals surface area contributed by atoms with Crippen molar-refractivity contribution in [2.24, 2.45) is 10.3 Å². The Kier molecular flexibility index (Phi) is 5.09. The van der Waals surface area contributed by atoms with E-state index in [9.17, 15) is 13.2 Å². The zero-order chi connectivity index (χ0) is 17.9. The van der Waals surface area contributed by atoms with Crippen molar-refractivity contribution < 1.29 is 17.9 Å². The number of ether oxygens (including phenoxy) is 1. The molecule has 1 fully saturated rings. The molecule has 2 aliphatic rings. The van der Waals surface area contributed by atoms with Crippen molar-refractivity contribution in [2.75, 3.05) is 19.7 Å². The number of hydrogen-bond acceptors (Lipinski definition) is 5. The number of benzene rings is 1. The van der Waals surface area contributed by atoms with Crippen molar-refractivity contribution in [2.45, 2.75) is 30.6 Å². The molecule has 1 saturated heterocycles. The second-order valence-corrected chi connectivity index (χ2v) is 7.70. The Hall–Kier alpha value is -2.33. The van der Waals surface area contributed by atoms with Crippen LogP contribution in [0.25, 0.3) is 0 Å². The summed E-state index contributed by atoms with van der Waals surface area (Å²) in [6.07, 6.45) is 7.68. The molecule has 25 heavy (non-hydrogen) atoms. The lowest BCUT2D eigenvalue weighted by atomic mass is 9.96. The Morgan fingerprint density at radius 1 is 1.32 bits per heavy atom. The lowest BCUT2D eigenvalue weighted by Gasteiger charge is -2.32. The van der Waals surface area contributed by atoms with Crippen LogP contribution in [-0.4, -0.2) is 44.8 Å². The van der Waals surface area contributed by atoms with E-state index >= 15 is 0 Å². The summed E-state index contributed by atoms with van der Waals surface area (Å²) >= 11 is 0. The molecular weight excluding hydrogens is 340 g/mol. The Morgan fingerprint density at radius 3 is 2.76 bits per heavy atom. The third-order valence-electron chi connectivity index (χ3n) is 4.45. The molecule has 6 nitrogen and oxygen atoms in total. The first-order valence-corrected chi connectivity index (χ1v) is 9.76. The average molecular weight is 360 g/mol. The van der Waals surface area contributed by atoms with E-state index in [0.717, 1.165) is 0 Å². The van der Waals surface area contributed by atoms with Crippen LogP contribution in [-0.2, 0) is 19.6 Å². The number of fused-ring (bicyclic) bond motifs is 1. The number of unbranched alkanes of at least 4 members (excludes halogenated alkanes) is 1. The number of terminal acetylenes is 1. The molecule has 0 radical (unpaired) electrons. The first-order chi connectivity index (χ1) is 12.0. The van der Waals surface area contributed by atoms with Gasteiger partial charge < -0.3 is 9.64 Å². The summed E-state index contributed by atoms with van der Waals surface area (Å²) in [5.41, 5.74) is 0.637. The van der Waals surface area contributed by atoms with Crippen LogP contribution in [0.15, 0.2) is 33.6 Å². The van der Waals surface area contributed by atoms with Gasteiger partial charge in [0.2, 0.25) is 0 Å². The number of amidine groups is 1. The van der Waals surface area contributed by atoms with Crippen molar-refractivity contribution in [3.05, 3.63) is 29.8 Å². The van der Waals surface area contributed by atoms with E-state index in [1.54, 1.807) is 24.3 Å². The summed E-state index contributed by atoms with van der Waals surface area (Å²) in [5.74, 6) is 2.64. The molecule has 0 spiro atoms. The summed E-state index contributed by atoms with van der Waals surface area (Å²) in [4.78, 5) is 14.3. The summed E-state index contributed by atoms with van der Waals surface area (Å²) in [5, 5.41) is 0. The fourth-order valence-corrected chi connectivity index (χ4v) is 4.34. The molecule has 1 aromatic rings. The highest BCUT2D eigenvalue weighted by Crippen LogP contribution is 2.29. The highest BCUT2D eigenvalue weighted by molar-refractivity contribution is 7.90. The van der Waals surface area contributed by atoms with Crippen LogP contribution in [0.5, 0.6) is 0 Å². The minimum atomic E-state index is -3.61. The molecule has 0 amide bonds. The molecule has 0 aromatic heterocycles. The van der Waals surface area contributed by atoms with Gasteiger partial charge in [0.15, 0.2) is 5.84 Å². The van der Waals surface area contributed by atoms with E-state index in [1.807, 2.05) is 4.90 Å². The van der Waals surface area contributed by atoms with Gasteiger partial charge in [-0.15, -0.1) is 16.7 Å². The molecule has 0 saturated carbocycles. The fourth-order valence-electron chi connectivity index (χ4n) is 3.11. The Labute approximate surface area is 147 Å². The average Bonchev–Trinajstić information content (AvgIpc) is 2.90. The van der Waals surface area contributed by atoms with E-state index in [1.165, 1.54) is 0 Å². The highest BCUT2D eigenvalue weighted by Gasteiger charge is 2.34. The summed E-state index contributed by atoms with van der Waals surface area (Å²) in [6.45, 7) is 1.50. The molecule has 7 heteroatoms. The summed E-state index contributed by atoms with van der Waals surface area (Å²) < 4.78 is 33.5. The van der Waals surface area contributed by atoms with Crippen LogP contribution in [0.2, 0.25) is 0 Å². The van der Waals surface area contributed by atoms with Crippen LogP contribution in [0.4, 0.5) is 0 Å². The SMILES string of the molecule is C#CCCCOC(=O)C1CCN(C2=NS(=O)(=O)c3ccccc32)CC1. The van der Waals surface area contributed by atoms with Crippen LogP contribution in [0.1, 0.15) is 31.2 Å². The highest BCUT2D eigenvalue weighted by atomic mass is 32.2. The maximum atomic E-state index is 12.1. The molecule has 3 rings (SSSR count). The van der Waals surface area contributed by atoms with Crippen LogP contribution in [0, 0.1) is 18.3 Å². The van der Waals surface area contributed by atoms with Gasteiger partial charge in [-0.25, -0.2) is 0 Å². The monoisotopic (exact) mass is 360 g/mol. The quantitative estimate of drug-likeness (QED) is 0.465. The molecule has 0 aliphatic carbocycles. The smallest absolute Gasteiger partial charge is 0.309 e. The van der Waals surface area contributed by atoms with Gasteiger partial charge in [-0.3, -0.25) is 4.79 Å². The number of carbonyl (C=O) groups excluding carboxylic acids is 1.